The summed E-state index contributed by atoms with van der Waals surface area (Å²) < 4.78 is 10.9. The molecule has 2 fully saturated rings. The van der Waals surface area contributed by atoms with Crippen LogP contribution >= 0.6 is 11.8 Å². The van der Waals surface area contributed by atoms with Gasteiger partial charge in [0.05, 0.1) is 6.42 Å². The van der Waals surface area contributed by atoms with E-state index >= 15 is 0 Å². The van der Waals surface area contributed by atoms with Crippen molar-refractivity contribution in [2.24, 2.45) is 15.7 Å². The van der Waals surface area contributed by atoms with Crippen LogP contribution in [-0.2, 0) is 30.3 Å². The topological polar surface area (TPSA) is 153 Å². The normalized spacial score (nSPS) is 19.3. The van der Waals surface area contributed by atoms with Crippen molar-refractivity contribution in [1.29, 1.82) is 0 Å². The number of nitrogens with zero attached hydrogens (tertiary/aromatic N) is 3. The van der Waals surface area contributed by atoms with Crippen molar-refractivity contribution in [1.82, 2.24) is 10.2 Å². The minimum atomic E-state index is -0.597. The molecule has 270 valence electrons. The number of ether oxygens (including phenoxy) is 2. The van der Waals surface area contributed by atoms with Gasteiger partial charge in [-0.2, -0.15) is 4.99 Å². The zero-order chi connectivity index (χ0) is 36.1. The monoisotopic (exact) mass is 705 g/mol. The van der Waals surface area contributed by atoms with Crippen LogP contribution in [-0.4, -0.2) is 82.3 Å². The molecule has 12 heteroatoms. The molecular weight excluding hydrogens is 655 g/mol. The third-order valence-corrected chi connectivity index (χ3v) is 9.89. The van der Waals surface area contributed by atoms with Crippen LogP contribution in [0.4, 0.5) is 0 Å². The number of carbonyl (C=O) groups excluding carboxylic acids is 4. The van der Waals surface area contributed by atoms with Crippen molar-refractivity contribution < 1.29 is 28.7 Å². The Morgan fingerprint density at radius 1 is 0.940 bits per heavy atom. The van der Waals surface area contributed by atoms with E-state index in [1.54, 1.807) is 45.0 Å². The highest BCUT2D eigenvalue weighted by Crippen LogP contribution is 2.32. The maximum absolute atomic E-state index is 13.4. The van der Waals surface area contributed by atoms with Gasteiger partial charge in [0.25, 0.3) is 5.91 Å². The molecule has 2 aromatic carbocycles. The molecule has 1 saturated heterocycles. The number of esters is 2. The number of thioether (sulfide) groups is 1. The molecule has 1 heterocycles. The van der Waals surface area contributed by atoms with Gasteiger partial charge < -0.3 is 25.4 Å². The van der Waals surface area contributed by atoms with Crippen molar-refractivity contribution in [3.63, 3.8) is 0 Å². The van der Waals surface area contributed by atoms with E-state index in [1.165, 1.54) is 18.2 Å². The smallest absolute Gasteiger partial charge is 0.308 e. The maximum Gasteiger partial charge on any atom is 0.308 e. The predicted octanol–water partition coefficient (Wildman–Crippen LogP) is 5.44. The van der Waals surface area contributed by atoms with Gasteiger partial charge in [-0.15, -0.1) is 0 Å². The largest absolute Gasteiger partial charge is 0.462 e. The fourth-order valence-electron chi connectivity index (χ4n) is 5.83. The number of hydrogen-bond donors (Lipinski definition) is 2. The highest BCUT2D eigenvalue weighted by atomic mass is 32.2. The zero-order valence-electron chi connectivity index (χ0n) is 29.7. The van der Waals surface area contributed by atoms with Gasteiger partial charge in [-0.25, -0.2) is 0 Å². The summed E-state index contributed by atoms with van der Waals surface area (Å²) in [6.07, 6.45) is 6.99. The maximum atomic E-state index is 13.4. The molecule has 50 heavy (non-hydrogen) atoms. The highest BCUT2D eigenvalue weighted by Gasteiger charge is 2.41. The van der Waals surface area contributed by atoms with Crippen LogP contribution in [0, 0.1) is 0 Å². The van der Waals surface area contributed by atoms with Gasteiger partial charge in [0.2, 0.25) is 5.91 Å². The van der Waals surface area contributed by atoms with Crippen molar-refractivity contribution in [3.8, 4) is 0 Å². The molecule has 0 bridgehead atoms. The molecule has 1 aliphatic carbocycles. The zero-order valence-corrected chi connectivity index (χ0v) is 30.5. The van der Waals surface area contributed by atoms with Crippen LogP contribution in [0.15, 0.2) is 64.6 Å². The van der Waals surface area contributed by atoms with E-state index in [0.717, 1.165) is 31.2 Å². The quantitative estimate of drug-likeness (QED) is 0.113. The van der Waals surface area contributed by atoms with E-state index in [0.29, 0.717) is 54.5 Å². The average Bonchev–Trinajstić information content (AvgIpc) is 3.39. The number of benzene rings is 2. The van der Waals surface area contributed by atoms with Crippen LogP contribution in [0.5, 0.6) is 0 Å². The van der Waals surface area contributed by atoms with E-state index < -0.39 is 16.8 Å². The van der Waals surface area contributed by atoms with Crippen molar-refractivity contribution >= 4 is 46.5 Å². The molecule has 0 radical (unpaired) electrons. The Labute approximate surface area is 299 Å². The van der Waals surface area contributed by atoms with Gasteiger partial charge >= 0.3 is 11.9 Å². The van der Waals surface area contributed by atoms with Crippen LogP contribution in [0.2, 0.25) is 0 Å². The Kier molecular flexibility index (Phi) is 14.4. The molecule has 2 unspecified atom stereocenters. The van der Waals surface area contributed by atoms with Crippen LogP contribution in [0.3, 0.4) is 0 Å². The molecule has 0 spiro atoms. The fourth-order valence-corrected chi connectivity index (χ4v) is 7.12. The number of nitrogens with two attached hydrogens (primary N) is 1. The fraction of sp³-hybridized carbons (Fsp3) is 0.526. The van der Waals surface area contributed by atoms with E-state index in [-0.39, 0.29) is 43.0 Å². The summed E-state index contributed by atoms with van der Waals surface area (Å²) in [6, 6.07) is 16.5. The number of aliphatic imine (C=N–C) groups is 2. The molecule has 2 amide bonds. The number of rotatable bonds is 14. The number of amidine groups is 2. The van der Waals surface area contributed by atoms with E-state index in [2.05, 4.69) is 15.3 Å². The van der Waals surface area contributed by atoms with Gasteiger partial charge in [-0.05, 0) is 83.9 Å². The Hall–Kier alpha value is -4.19. The molecule has 2 aromatic rings. The SMILES string of the molecule is CC1C(C(=O)NCCC(=O)OC(C)(C)C)SC(=NC(=O)c2ccc(C(N)=NCCCC(=O)OC3CCCCC3)cc2)N1CCc1ccccc1. The summed E-state index contributed by atoms with van der Waals surface area (Å²) in [5.41, 5.74) is 7.78. The lowest BCUT2D eigenvalue weighted by Gasteiger charge is -2.25. The van der Waals surface area contributed by atoms with E-state index in [9.17, 15) is 19.2 Å². The first-order chi connectivity index (χ1) is 23.9. The molecule has 4 rings (SSSR count). The van der Waals surface area contributed by atoms with Crippen molar-refractivity contribution in [3.05, 3.63) is 71.3 Å². The van der Waals surface area contributed by atoms with Gasteiger partial charge in [0.15, 0.2) is 5.17 Å². The molecule has 0 aromatic heterocycles. The second-order valence-electron chi connectivity index (χ2n) is 13.7. The molecular formula is C38H51N5O6S. The summed E-state index contributed by atoms with van der Waals surface area (Å²) >= 11 is 1.25. The first kappa shape index (κ1) is 38.6. The third kappa shape index (κ3) is 12.3. The standard InChI is InChI=1S/C38H51N5O6S/c1-26-33(36(47)41-24-21-32(45)49-38(2,3)4)50-37(43(26)25-22-27-12-7-5-8-13-27)42-35(46)29-19-17-28(18-20-29)34(39)40-23-11-16-31(44)48-30-14-9-6-10-15-30/h5,7-8,12-13,17-20,26,30,33H,6,9-11,14-16,21-25H2,1-4H3,(H2,39,40)(H,41,47). The minimum absolute atomic E-state index is 0.0485. The van der Waals surface area contributed by atoms with E-state index in [1.807, 2.05) is 42.2 Å². The average molecular weight is 706 g/mol. The summed E-state index contributed by atoms with van der Waals surface area (Å²) in [4.78, 5) is 61.8. The number of nitrogens with one attached hydrogen (secondary N) is 1. The Balaban J connectivity index is 1.35. The second-order valence-corrected chi connectivity index (χ2v) is 14.8. The molecule has 2 aliphatic rings. The summed E-state index contributed by atoms with van der Waals surface area (Å²) in [6.45, 7) is 8.45. The van der Waals surface area contributed by atoms with Gasteiger partial charge in [-0.1, -0.05) is 60.6 Å². The lowest BCUT2D eigenvalue weighted by atomic mass is 9.98. The van der Waals surface area contributed by atoms with E-state index in [4.69, 9.17) is 15.2 Å². The number of amides is 2. The van der Waals surface area contributed by atoms with Gasteiger partial charge in [0.1, 0.15) is 22.8 Å². The Bertz CT molecular complexity index is 1520. The third-order valence-electron chi connectivity index (χ3n) is 8.50. The molecule has 2 atom stereocenters. The van der Waals surface area contributed by atoms with Gasteiger partial charge in [0, 0.05) is 43.2 Å². The molecule has 11 nitrogen and oxygen atoms in total. The van der Waals surface area contributed by atoms with Crippen molar-refractivity contribution in [2.75, 3.05) is 19.6 Å². The van der Waals surface area contributed by atoms with Gasteiger partial charge in [-0.3, -0.25) is 24.2 Å². The summed E-state index contributed by atoms with van der Waals surface area (Å²) in [5, 5.41) is 2.80. The van der Waals surface area contributed by atoms with Crippen LogP contribution in [0.1, 0.15) is 101 Å². The first-order valence-electron chi connectivity index (χ1n) is 17.6. The van der Waals surface area contributed by atoms with Crippen LogP contribution < -0.4 is 11.1 Å². The molecule has 1 saturated carbocycles. The highest BCUT2D eigenvalue weighted by molar-refractivity contribution is 8.15. The Morgan fingerprint density at radius 3 is 2.30 bits per heavy atom. The molecule has 3 N–H and O–H groups in total. The summed E-state index contributed by atoms with van der Waals surface area (Å²) in [7, 11) is 0. The number of carbonyl (C=O) groups is 4. The first-order valence-corrected chi connectivity index (χ1v) is 18.5. The second kappa shape index (κ2) is 18.7. The predicted molar refractivity (Wildman–Crippen MR) is 197 cm³/mol. The number of hydrogen-bond acceptors (Lipinski definition) is 8. The minimum Gasteiger partial charge on any atom is -0.462 e. The summed E-state index contributed by atoms with van der Waals surface area (Å²) in [5.74, 6) is -0.909. The molecule has 1 aliphatic heterocycles. The Morgan fingerprint density at radius 2 is 1.62 bits per heavy atom. The van der Waals surface area contributed by atoms with Crippen LogP contribution in [0.25, 0.3) is 0 Å². The lowest BCUT2D eigenvalue weighted by Crippen LogP contribution is -2.43. The lowest BCUT2D eigenvalue weighted by molar-refractivity contribution is -0.154. The van der Waals surface area contributed by atoms with Crippen molar-refractivity contribution in [2.45, 2.75) is 108 Å².